The summed E-state index contributed by atoms with van der Waals surface area (Å²) in [6.07, 6.45) is 1.86. The van der Waals surface area contributed by atoms with Gasteiger partial charge in [-0.15, -0.1) is 0 Å². The molecule has 1 heterocycles. The van der Waals surface area contributed by atoms with E-state index in [1.807, 2.05) is 6.26 Å². The van der Waals surface area contributed by atoms with Crippen molar-refractivity contribution in [3.05, 3.63) is 23.7 Å². The summed E-state index contributed by atoms with van der Waals surface area (Å²) in [4.78, 5) is 24.2. The molecule has 94 valence electrons. The lowest BCUT2D eigenvalue weighted by Crippen LogP contribution is -2.24. The highest BCUT2D eigenvalue weighted by Crippen LogP contribution is 2.09. The molecule has 0 aliphatic heterocycles. The van der Waals surface area contributed by atoms with Gasteiger partial charge in [-0.1, -0.05) is 0 Å². The molecular formula is C11H16N2O3S. The van der Waals surface area contributed by atoms with E-state index < -0.39 is 0 Å². The van der Waals surface area contributed by atoms with E-state index in [1.54, 1.807) is 26.2 Å². The largest absolute Gasteiger partial charge is 0.454 e. The Morgan fingerprint density at radius 3 is 2.71 bits per heavy atom. The zero-order valence-corrected chi connectivity index (χ0v) is 11.0. The third kappa shape index (κ3) is 4.14. The Kier molecular flexibility index (Phi) is 5.09. The topological polar surface area (TPSA) is 62.6 Å². The molecule has 6 heteroatoms. The molecular weight excluding hydrogens is 240 g/mol. The first-order valence-corrected chi connectivity index (χ1v) is 6.50. The first-order chi connectivity index (χ1) is 8.04. The molecule has 0 saturated carbocycles. The standard InChI is InChI=1S/C11H16N2O3S/c1-13(2)11(15)9-5-4-8(16-9)6-12-10(14)7-17-3/h4-5H,6-7H2,1-3H3,(H,12,14). The van der Waals surface area contributed by atoms with Gasteiger partial charge in [-0.25, -0.2) is 0 Å². The summed E-state index contributed by atoms with van der Waals surface area (Å²) in [6.45, 7) is 0.306. The lowest BCUT2D eigenvalue weighted by atomic mass is 10.4. The smallest absolute Gasteiger partial charge is 0.289 e. The van der Waals surface area contributed by atoms with Crippen LogP contribution in [-0.2, 0) is 11.3 Å². The summed E-state index contributed by atoms with van der Waals surface area (Å²) >= 11 is 1.46. The van der Waals surface area contributed by atoms with Gasteiger partial charge in [0.25, 0.3) is 5.91 Å². The van der Waals surface area contributed by atoms with Gasteiger partial charge in [-0.05, 0) is 18.4 Å². The Morgan fingerprint density at radius 2 is 2.12 bits per heavy atom. The Balaban J connectivity index is 2.51. The van der Waals surface area contributed by atoms with Gasteiger partial charge in [0.15, 0.2) is 5.76 Å². The molecule has 0 unspecified atom stereocenters. The minimum atomic E-state index is -0.188. The fraction of sp³-hybridized carbons (Fsp3) is 0.455. The second kappa shape index (κ2) is 6.34. The first-order valence-electron chi connectivity index (χ1n) is 5.10. The van der Waals surface area contributed by atoms with Gasteiger partial charge in [0.05, 0.1) is 12.3 Å². The minimum absolute atomic E-state index is 0.0469. The number of thioether (sulfide) groups is 1. The molecule has 1 aromatic rings. The number of carbonyl (C=O) groups is 2. The van der Waals surface area contributed by atoms with Crippen molar-refractivity contribution >= 4 is 23.6 Å². The summed E-state index contributed by atoms with van der Waals surface area (Å²) < 4.78 is 5.32. The van der Waals surface area contributed by atoms with Gasteiger partial charge in [-0.3, -0.25) is 9.59 Å². The highest BCUT2D eigenvalue weighted by atomic mass is 32.2. The van der Waals surface area contributed by atoms with Crippen molar-refractivity contribution < 1.29 is 14.0 Å². The van der Waals surface area contributed by atoms with E-state index in [4.69, 9.17) is 4.42 Å². The molecule has 1 N–H and O–H groups in total. The molecule has 1 rings (SSSR count). The Bertz CT molecular complexity index is 401. The Labute approximate surface area is 105 Å². The highest BCUT2D eigenvalue weighted by molar-refractivity contribution is 7.99. The number of amides is 2. The average molecular weight is 256 g/mol. The predicted molar refractivity (Wildman–Crippen MR) is 67.0 cm³/mol. The molecule has 2 amide bonds. The fourth-order valence-corrected chi connectivity index (χ4v) is 1.54. The Morgan fingerprint density at radius 1 is 1.41 bits per heavy atom. The van der Waals surface area contributed by atoms with E-state index in [-0.39, 0.29) is 17.6 Å². The molecule has 17 heavy (non-hydrogen) atoms. The van der Waals surface area contributed by atoms with Crippen LogP contribution in [0.15, 0.2) is 16.5 Å². The van der Waals surface area contributed by atoms with Gasteiger partial charge in [0, 0.05) is 14.1 Å². The average Bonchev–Trinajstić information content (AvgIpc) is 2.74. The van der Waals surface area contributed by atoms with E-state index >= 15 is 0 Å². The lowest BCUT2D eigenvalue weighted by molar-refractivity contribution is -0.118. The molecule has 1 aromatic heterocycles. The summed E-state index contributed by atoms with van der Waals surface area (Å²) in [5.41, 5.74) is 0. The zero-order chi connectivity index (χ0) is 12.8. The van der Waals surface area contributed by atoms with Crippen molar-refractivity contribution in [3.8, 4) is 0 Å². The van der Waals surface area contributed by atoms with Gasteiger partial charge >= 0.3 is 0 Å². The van der Waals surface area contributed by atoms with Gasteiger partial charge in [0.1, 0.15) is 5.76 Å². The molecule has 0 bridgehead atoms. The maximum Gasteiger partial charge on any atom is 0.289 e. The number of furan rings is 1. The van der Waals surface area contributed by atoms with Crippen LogP contribution in [0.3, 0.4) is 0 Å². The number of carbonyl (C=O) groups excluding carboxylic acids is 2. The molecule has 0 saturated heterocycles. The van der Waals surface area contributed by atoms with Crippen LogP contribution in [0, 0.1) is 0 Å². The van der Waals surface area contributed by atoms with Crippen molar-refractivity contribution in [2.45, 2.75) is 6.54 Å². The maximum absolute atomic E-state index is 11.5. The number of nitrogens with zero attached hydrogens (tertiary/aromatic N) is 1. The van der Waals surface area contributed by atoms with Crippen LogP contribution in [0.1, 0.15) is 16.3 Å². The van der Waals surface area contributed by atoms with E-state index in [2.05, 4.69) is 5.32 Å². The van der Waals surface area contributed by atoms with Crippen LogP contribution in [0.25, 0.3) is 0 Å². The van der Waals surface area contributed by atoms with Gasteiger partial charge in [-0.2, -0.15) is 11.8 Å². The molecule has 0 atom stereocenters. The molecule has 5 nitrogen and oxygen atoms in total. The van der Waals surface area contributed by atoms with Crippen LogP contribution in [-0.4, -0.2) is 42.8 Å². The predicted octanol–water partition coefficient (Wildman–Crippen LogP) is 0.961. The second-order valence-electron chi connectivity index (χ2n) is 3.68. The number of hydrogen-bond acceptors (Lipinski definition) is 4. The van der Waals surface area contributed by atoms with Crippen molar-refractivity contribution in [2.75, 3.05) is 26.1 Å². The van der Waals surface area contributed by atoms with E-state index in [0.717, 1.165) is 0 Å². The molecule has 0 spiro atoms. The van der Waals surface area contributed by atoms with E-state index in [9.17, 15) is 9.59 Å². The van der Waals surface area contributed by atoms with Crippen molar-refractivity contribution in [1.29, 1.82) is 0 Å². The summed E-state index contributed by atoms with van der Waals surface area (Å²) in [6, 6.07) is 3.30. The van der Waals surface area contributed by atoms with Gasteiger partial charge in [0.2, 0.25) is 5.91 Å². The number of rotatable bonds is 5. The van der Waals surface area contributed by atoms with Crippen LogP contribution in [0.2, 0.25) is 0 Å². The molecule has 0 aliphatic carbocycles. The SMILES string of the molecule is CSCC(=O)NCc1ccc(C(=O)N(C)C)o1. The summed E-state index contributed by atoms with van der Waals surface area (Å²) in [5.74, 6) is 1.04. The number of nitrogens with one attached hydrogen (secondary N) is 1. The van der Waals surface area contributed by atoms with Gasteiger partial charge < -0.3 is 14.6 Å². The molecule has 0 fully saturated rings. The minimum Gasteiger partial charge on any atom is -0.454 e. The first kappa shape index (κ1) is 13.6. The molecule has 0 aliphatic rings. The molecule has 0 radical (unpaired) electrons. The zero-order valence-electron chi connectivity index (χ0n) is 10.1. The monoisotopic (exact) mass is 256 g/mol. The van der Waals surface area contributed by atoms with Crippen LogP contribution < -0.4 is 5.32 Å². The summed E-state index contributed by atoms with van der Waals surface area (Å²) in [5, 5.41) is 2.70. The Hall–Kier alpha value is -1.43. The quantitative estimate of drug-likeness (QED) is 0.852. The van der Waals surface area contributed by atoms with Crippen LogP contribution in [0.5, 0.6) is 0 Å². The normalized spacial score (nSPS) is 10.1. The maximum atomic E-state index is 11.5. The van der Waals surface area contributed by atoms with E-state index in [0.29, 0.717) is 18.1 Å². The van der Waals surface area contributed by atoms with Crippen molar-refractivity contribution in [3.63, 3.8) is 0 Å². The van der Waals surface area contributed by atoms with E-state index in [1.165, 1.54) is 16.7 Å². The van der Waals surface area contributed by atoms with Crippen LogP contribution in [0.4, 0.5) is 0 Å². The van der Waals surface area contributed by atoms with Crippen LogP contribution >= 0.6 is 11.8 Å². The van der Waals surface area contributed by atoms with Crippen molar-refractivity contribution in [1.82, 2.24) is 10.2 Å². The third-order valence-electron chi connectivity index (χ3n) is 2.01. The molecule has 0 aromatic carbocycles. The second-order valence-corrected chi connectivity index (χ2v) is 4.54. The number of hydrogen-bond donors (Lipinski definition) is 1. The van der Waals surface area contributed by atoms with Crippen molar-refractivity contribution in [2.24, 2.45) is 0 Å². The highest BCUT2D eigenvalue weighted by Gasteiger charge is 2.13. The lowest BCUT2D eigenvalue weighted by Gasteiger charge is -2.06. The summed E-state index contributed by atoms with van der Waals surface area (Å²) in [7, 11) is 3.32. The third-order valence-corrected chi connectivity index (χ3v) is 2.56. The fourth-order valence-electron chi connectivity index (χ4n) is 1.18.